The summed E-state index contributed by atoms with van der Waals surface area (Å²) in [6, 6.07) is 8.02. The van der Waals surface area contributed by atoms with Gasteiger partial charge in [0.2, 0.25) is 0 Å². The molecule has 1 unspecified atom stereocenters. The Bertz CT molecular complexity index is 381. The fourth-order valence-corrected chi connectivity index (χ4v) is 2.69. The standard InChI is InChI=1S/C16H26N2O2/c1-19-13-15-7-9-18(12-15)8-2-10-20-16-5-3-14(11-17)4-6-16/h3-6,15H,2,7-13,17H2,1H3. The van der Waals surface area contributed by atoms with Gasteiger partial charge in [-0.1, -0.05) is 12.1 Å². The summed E-state index contributed by atoms with van der Waals surface area (Å²) in [6.45, 7) is 5.71. The number of nitrogens with zero attached hydrogens (tertiary/aromatic N) is 1. The van der Waals surface area contributed by atoms with Crippen molar-refractivity contribution in [3.05, 3.63) is 29.8 Å². The van der Waals surface area contributed by atoms with Crippen molar-refractivity contribution in [1.82, 2.24) is 4.90 Å². The van der Waals surface area contributed by atoms with E-state index in [0.717, 1.165) is 37.5 Å². The highest BCUT2D eigenvalue weighted by Gasteiger charge is 2.21. The maximum absolute atomic E-state index is 5.75. The van der Waals surface area contributed by atoms with Gasteiger partial charge in [-0.05, 0) is 43.0 Å². The van der Waals surface area contributed by atoms with Crippen molar-refractivity contribution in [2.75, 3.05) is 40.0 Å². The van der Waals surface area contributed by atoms with Gasteiger partial charge in [0.15, 0.2) is 0 Å². The Kier molecular flexibility index (Phi) is 6.30. The van der Waals surface area contributed by atoms with Crippen LogP contribution in [-0.4, -0.2) is 44.9 Å². The number of hydrogen-bond acceptors (Lipinski definition) is 4. The minimum atomic E-state index is 0.581. The van der Waals surface area contributed by atoms with Crippen LogP contribution in [0.4, 0.5) is 0 Å². The molecule has 1 saturated heterocycles. The van der Waals surface area contributed by atoms with Crippen LogP contribution in [-0.2, 0) is 11.3 Å². The monoisotopic (exact) mass is 278 g/mol. The van der Waals surface area contributed by atoms with E-state index in [4.69, 9.17) is 15.2 Å². The molecular formula is C16H26N2O2. The molecule has 20 heavy (non-hydrogen) atoms. The van der Waals surface area contributed by atoms with Crippen molar-refractivity contribution in [2.24, 2.45) is 11.7 Å². The predicted octanol–water partition coefficient (Wildman–Crippen LogP) is 1.88. The summed E-state index contributed by atoms with van der Waals surface area (Å²) in [4.78, 5) is 2.50. The minimum Gasteiger partial charge on any atom is -0.494 e. The summed E-state index contributed by atoms with van der Waals surface area (Å²) >= 11 is 0. The number of ether oxygens (including phenoxy) is 2. The molecular weight excluding hydrogens is 252 g/mol. The first-order chi connectivity index (χ1) is 9.81. The van der Waals surface area contributed by atoms with E-state index in [1.54, 1.807) is 7.11 Å². The predicted molar refractivity (Wildman–Crippen MR) is 80.9 cm³/mol. The smallest absolute Gasteiger partial charge is 0.119 e. The molecule has 0 spiro atoms. The van der Waals surface area contributed by atoms with Crippen molar-refractivity contribution in [1.29, 1.82) is 0 Å². The zero-order chi connectivity index (χ0) is 14.2. The Labute approximate surface area is 121 Å². The van der Waals surface area contributed by atoms with Gasteiger partial charge in [0.05, 0.1) is 13.2 Å². The Hall–Kier alpha value is -1.10. The molecule has 0 bridgehead atoms. The molecule has 0 radical (unpaired) electrons. The van der Waals surface area contributed by atoms with Crippen LogP contribution in [0.15, 0.2) is 24.3 Å². The van der Waals surface area contributed by atoms with Gasteiger partial charge in [0, 0.05) is 26.7 Å². The second-order valence-corrected chi connectivity index (χ2v) is 5.46. The summed E-state index contributed by atoms with van der Waals surface area (Å²) in [5.74, 6) is 1.64. The molecule has 1 aromatic rings. The van der Waals surface area contributed by atoms with Crippen molar-refractivity contribution >= 4 is 0 Å². The fraction of sp³-hybridized carbons (Fsp3) is 0.625. The van der Waals surface area contributed by atoms with Crippen LogP contribution in [0.25, 0.3) is 0 Å². The highest BCUT2D eigenvalue weighted by molar-refractivity contribution is 5.26. The summed E-state index contributed by atoms with van der Waals surface area (Å²) in [5, 5.41) is 0. The third-order valence-corrected chi connectivity index (χ3v) is 3.82. The quantitative estimate of drug-likeness (QED) is 0.738. The Morgan fingerprint density at radius 1 is 1.30 bits per heavy atom. The van der Waals surface area contributed by atoms with Gasteiger partial charge in [-0.3, -0.25) is 0 Å². The molecule has 0 aromatic heterocycles. The van der Waals surface area contributed by atoms with Crippen LogP contribution in [0.2, 0.25) is 0 Å². The molecule has 1 aliphatic rings. The van der Waals surface area contributed by atoms with E-state index in [1.165, 1.54) is 19.5 Å². The summed E-state index contributed by atoms with van der Waals surface area (Å²) in [6.07, 6.45) is 2.33. The second kappa shape index (κ2) is 8.25. The van der Waals surface area contributed by atoms with Gasteiger partial charge in [-0.2, -0.15) is 0 Å². The molecule has 1 heterocycles. The van der Waals surface area contributed by atoms with Crippen molar-refractivity contribution in [3.63, 3.8) is 0 Å². The van der Waals surface area contributed by atoms with Crippen molar-refractivity contribution < 1.29 is 9.47 Å². The average molecular weight is 278 g/mol. The van der Waals surface area contributed by atoms with Crippen LogP contribution < -0.4 is 10.5 Å². The number of hydrogen-bond donors (Lipinski definition) is 1. The number of benzene rings is 1. The summed E-state index contributed by atoms with van der Waals surface area (Å²) in [7, 11) is 1.78. The first kappa shape index (κ1) is 15.3. The van der Waals surface area contributed by atoms with Crippen LogP contribution in [0.1, 0.15) is 18.4 Å². The highest BCUT2D eigenvalue weighted by atomic mass is 16.5. The van der Waals surface area contributed by atoms with E-state index in [-0.39, 0.29) is 0 Å². The first-order valence-electron chi connectivity index (χ1n) is 7.45. The van der Waals surface area contributed by atoms with Crippen LogP contribution >= 0.6 is 0 Å². The first-order valence-corrected chi connectivity index (χ1v) is 7.45. The highest BCUT2D eigenvalue weighted by Crippen LogP contribution is 2.17. The van der Waals surface area contributed by atoms with Gasteiger partial charge in [0.1, 0.15) is 5.75 Å². The lowest BCUT2D eigenvalue weighted by atomic mass is 10.1. The van der Waals surface area contributed by atoms with Crippen LogP contribution in [0.3, 0.4) is 0 Å². The van der Waals surface area contributed by atoms with Crippen molar-refractivity contribution in [2.45, 2.75) is 19.4 Å². The third-order valence-electron chi connectivity index (χ3n) is 3.82. The van der Waals surface area contributed by atoms with E-state index < -0.39 is 0 Å². The lowest BCUT2D eigenvalue weighted by Gasteiger charge is -2.16. The number of nitrogens with two attached hydrogens (primary N) is 1. The fourth-order valence-electron chi connectivity index (χ4n) is 2.69. The largest absolute Gasteiger partial charge is 0.494 e. The van der Waals surface area contributed by atoms with Gasteiger partial charge >= 0.3 is 0 Å². The molecule has 0 saturated carbocycles. The Morgan fingerprint density at radius 2 is 2.10 bits per heavy atom. The molecule has 1 aromatic carbocycles. The van der Waals surface area contributed by atoms with Gasteiger partial charge in [0.25, 0.3) is 0 Å². The van der Waals surface area contributed by atoms with Crippen LogP contribution in [0.5, 0.6) is 5.75 Å². The Morgan fingerprint density at radius 3 is 2.80 bits per heavy atom. The minimum absolute atomic E-state index is 0.581. The number of methoxy groups -OCH3 is 1. The topological polar surface area (TPSA) is 47.7 Å². The SMILES string of the molecule is COCC1CCN(CCCOc2ccc(CN)cc2)C1. The lowest BCUT2D eigenvalue weighted by molar-refractivity contribution is 0.152. The zero-order valence-electron chi connectivity index (χ0n) is 12.4. The molecule has 0 aliphatic carbocycles. The molecule has 2 rings (SSSR count). The van der Waals surface area contributed by atoms with Crippen molar-refractivity contribution in [3.8, 4) is 5.75 Å². The molecule has 0 amide bonds. The molecule has 112 valence electrons. The van der Waals surface area contributed by atoms with Gasteiger partial charge < -0.3 is 20.1 Å². The molecule has 4 nitrogen and oxygen atoms in total. The molecule has 4 heteroatoms. The van der Waals surface area contributed by atoms with E-state index in [0.29, 0.717) is 12.5 Å². The molecule has 1 fully saturated rings. The van der Waals surface area contributed by atoms with Gasteiger partial charge in [-0.15, -0.1) is 0 Å². The van der Waals surface area contributed by atoms with E-state index in [2.05, 4.69) is 4.90 Å². The average Bonchev–Trinajstić information content (AvgIpc) is 2.92. The number of rotatable bonds is 8. The van der Waals surface area contributed by atoms with E-state index in [9.17, 15) is 0 Å². The summed E-state index contributed by atoms with van der Waals surface area (Å²) in [5.41, 5.74) is 6.71. The molecule has 1 atom stereocenters. The summed E-state index contributed by atoms with van der Waals surface area (Å²) < 4.78 is 11.0. The second-order valence-electron chi connectivity index (χ2n) is 5.46. The molecule has 1 aliphatic heterocycles. The lowest BCUT2D eigenvalue weighted by Crippen LogP contribution is -2.24. The maximum atomic E-state index is 5.75. The Balaban J connectivity index is 1.59. The molecule has 2 N–H and O–H groups in total. The zero-order valence-corrected chi connectivity index (χ0v) is 12.4. The normalized spacial score (nSPS) is 19.4. The van der Waals surface area contributed by atoms with E-state index >= 15 is 0 Å². The maximum Gasteiger partial charge on any atom is 0.119 e. The van der Waals surface area contributed by atoms with Gasteiger partial charge in [-0.25, -0.2) is 0 Å². The number of likely N-dealkylation sites (tertiary alicyclic amines) is 1. The van der Waals surface area contributed by atoms with Crippen LogP contribution in [0, 0.1) is 5.92 Å². The third kappa shape index (κ3) is 4.78. The van der Waals surface area contributed by atoms with E-state index in [1.807, 2.05) is 24.3 Å².